The van der Waals surface area contributed by atoms with Gasteiger partial charge >= 0.3 is 31.8 Å². The van der Waals surface area contributed by atoms with Crippen molar-refractivity contribution >= 4 is 5.91 Å². The number of likely N-dealkylation sites (N-methyl/N-ethyl adjacent to an activating group) is 1. The molecule has 1 atom stereocenters. The first kappa shape index (κ1) is 16.9. The fraction of sp³-hybridized carbons (Fsp3) is 0.375. The van der Waals surface area contributed by atoms with Crippen molar-refractivity contribution in [2.45, 2.75) is 6.17 Å². The van der Waals surface area contributed by atoms with Gasteiger partial charge in [0.25, 0.3) is 0 Å². The van der Waals surface area contributed by atoms with Gasteiger partial charge in [-0.25, -0.2) is 0 Å². The average molecular weight is 295 g/mol. The van der Waals surface area contributed by atoms with E-state index in [1.54, 1.807) is 6.08 Å². The number of carbonyl (C=O) groups is 1. The van der Waals surface area contributed by atoms with Crippen molar-refractivity contribution in [2.24, 2.45) is 0 Å². The fourth-order valence-electron chi connectivity index (χ4n) is 0.604. The van der Waals surface area contributed by atoms with Gasteiger partial charge in [-0.05, 0) is 20.2 Å². The van der Waals surface area contributed by atoms with Gasteiger partial charge in [0.15, 0.2) is 0 Å². The molecule has 0 aromatic rings. The Bertz CT molecular complexity index is 239. The van der Waals surface area contributed by atoms with E-state index in [-0.39, 0.29) is 12.1 Å². The first-order chi connectivity index (χ1) is 6.84. The second-order valence-electron chi connectivity index (χ2n) is 2.64. The molecule has 0 fully saturated rings. The first-order valence-corrected chi connectivity index (χ1v) is 7.19. The third-order valence-electron chi connectivity index (χ3n) is 1.26. The standard InChI is InChI=1S/C8H14N2O.2H2O.O.Zr/c1-5-7(10(3)4)9-8(11)6-2;;;;/h5-7H,1-2H2,3-4H3,(H,9,11);2*1H2;;/q;;;;+2/p-2. The van der Waals surface area contributed by atoms with E-state index in [9.17, 15) is 4.79 Å². The Kier molecular flexibility index (Phi) is 11.3. The van der Waals surface area contributed by atoms with Gasteiger partial charge in [-0.1, -0.05) is 19.2 Å². The Balaban J connectivity index is 0. The van der Waals surface area contributed by atoms with Crippen LogP contribution in [0.15, 0.2) is 25.3 Å². The van der Waals surface area contributed by atoms with Gasteiger partial charge in [-0.2, -0.15) is 0 Å². The van der Waals surface area contributed by atoms with Gasteiger partial charge < -0.3 is 5.32 Å². The van der Waals surface area contributed by atoms with Crippen LogP contribution in [0, 0.1) is 0 Å². The van der Waals surface area contributed by atoms with Crippen LogP contribution >= 0.6 is 0 Å². The van der Waals surface area contributed by atoms with E-state index in [1.165, 1.54) is 6.08 Å². The van der Waals surface area contributed by atoms with E-state index in [4.69, 9.17) is 9.18 Å². The van der Waals surface area contributed by atoms with Crippen molar-refractivity contribution in [3.05, 3.63) is 25.3 Å². The van der Waals surface area contributed by atoms with E-state index < -0.39 is 22.6 Å². The summed E-state index contributed by atoms with van der Waals surface area (Å²) in [6.45, 7) is 6.92. The average Bonchev–Trinajstić information content (AvgIpc) is 2.12. The topological polar surface area (TPSA) is 89.9 Å². The van der Waals surface area contributed by atoms with Gasteiger partial charge in [-0.15, -0.1) is 0 Å². The third-order valence-corrected chi connectivity index (χ3v) is 1.26. The quantitative estimate of drug-likeness (QED) is 0.356. The summed E-state index contributed by atoms with van der Waals surface area (Å²) in [4.78, 5) is 12.6. The summed E-state index contributed by atoms with van der Waals surface area (Å²) < 4.78 is 23.3. The monoisotopic (exact) mass is 294 g/mol. The van der Waals surface area contributed by atoms with Crippen LogP contribution in [0.4, 0.5) is 0 Å². The Morgan fingerprint density at radius 2 is 1.87 bits per heavy atom. The molecule has 0 heterocycles. The molecule has 0 spiro atoms. The van der Waals surface area contributed by atoms with E-state index >= 15 is 0 Å². The number of rotatable bonds is 4. The van der Waals surface area contributed by atoms with E-state index in [1.807, 2.05) is 19.0 Å². The summed E-state index contributed by atoms with van der Waals surface area (Å²) in [6, 6.07) is 0. The molecule has 0 aliphatic carbocycles. The molecule has 0 aliphatic heterocycles. The predicted octanol–water partition coefficient (Wildman–Crippen LogP) is -0.873. The van der Waals surface area contributed by atoms with Crippen molar-refractivity contribution in [1.29, 1.82) is 0 Å². The molecule has 0 aromatic heterocycles. The third kappa shape index (κ3) is 13.5. The summed E-state index contributed by atoms with van der Waals surface area (Å²) >= 11 is -3.79. The molecule has 0 aromatic carbocycles. The van der Waals surface area contributed by atoms with E-state index in [0.717, 1.165) is 0 Å². The van der Waals surface area contributed by atoms with Crippen LogP contribution in [0.5, 0.6) is 0 Å². The van der Waals surface area contributed by atoms with Crippen LogP contribution in [0.3, 0.4) is 0 Å². The Labute approximate surface area is 98.3 Å². The normalized spacial score (nSPS) is 10.7. The van der Waals surface area contributed by atoms with Gasteiger partial charge in [0, 0.05) is 0 Å². The van der Waals surface area contributed by atoms with Crippen LogP contribution in [0.2, 0.25) is 0 Å². The van der Waals surface area contributed by atoms with E-state index in [2.05, 4.69) is 18.5 Å². The molecule has 3 N–H and O–H groups in total. The number of nitrogens with one attached hydrogen (secondary N) is 1. The van der Waals surface area contributed by atoms with E-state index in [0.29, 0.717) is 0 Å². The summed E-state index contributed by atoms with van der Waals surface area (Å²) in [7, 11) is 3.71. The van der Waals surface area contributed by atoms with Gasteiger partial charge in [0.05, 0.1) is 0 Å². The van der Waals surface area contributed by atoms with Crippen LogP contribution in [0.1, 0.15) is 0 Å². The molecule has 0 aliphatic rings. The zero-order valence-electron chi connectivity index (χ0n) is 8.80. The Morgan fingerprint density at radius 1 is 1.47 bits per heavy atom. The summed E-state index contributed by atoms with van der Waals surface area (Å²) in [6.07, 6.45) is 2.77. The SMILES string of the molecule is C=CC(=O)NC(C=C)N(C)C.[O]=[Zr]([OH])[OH]. The zero-order chi connectivity index (χ0) is 12.4. The van der Waals surface area contributed by atoms with Crippen molar-refractivity contribution in [3.8, 4) is 0 Å². The molecule has 0 saturated carbocycles. The number of hydrogen-bond donors (Lipinski definition) is 3. The maximum absolute atomic E-state index is 10.8. The minimum absolute atomic E-state index is 0.125. The minimum atomic E-state index is -3.79. The van der Waals surface area contributed by atoms with Crippen molar-refractivity contribution in [3.63, 3.8) is 0 Å². The zero-order valence-corrected chi connectivity index (χ0v) is 11.3. The van der Waals surface area contributed by atoms with Crippen molar-refractivity contribution < 1.29 is 36.6 Å². The molecule has 6 nitrogen and oxygen atoms in total. The molecule has 0 radical (unpaired) electrons. The number of hydrogen-bond acceptors (Lipinski definition) is 3. The van der Waals surface area contributed by atoms with Crippen LogP contribution in [-0.4, -0.2) is 37.4 Å². The summed E-state index contributed by atoms with van der Waals surface area (Å²) in [5.74, 6) is -0.191. The first-order valence-electron chi connectivity index (χ1n) is 3.99. The molecule has 1 amide bonds. The van der Waals surface area contributed by atoms with Gasteiger partial charge in [-0.3, -0.25) is 9.69 Å². The number of carbonyl (C=O) groups excluding carboxylic acids is 1. The fourth-order valence-corrected chi connectivity index (χ4v) is 0.604. The molecule has 0 rings (SSSR count). The second kappa shape index (κ2) is 10.0. The molecule has 0 bridgehead atoms. The number of nitrogens with zero attached hydrogens (tertiary/aromatic N) is 1. The number of amides is 1. The second-order valence-corrected chi connectivity index (χ2v) is 4.03. The molecule has 15 heavy (non-hydrogen) atoms. The van der Waals surface area contributed by atoms with Crippen molar-refractivity contribution in [2.75, 3.05) is 14.1 Å². The van der Waals surface area contributed by atoms with Gasteiger partial charge in [0.2, 0.25) is 5.91 Å². The molecule has 1 unspecified atom stereocenters. The Morgan fingerprint density at radius 3 is 2.07 bits per heavy atom. The molecule has 86 valence electrons. The molecular weight excluding hydrogens is 279 g/mol. The van der Waals surface area contributed by atoms with Crippen LogP contribution in [-0.2, 0) is 30.2 Å². The van der Waals surface area contributed by atoms with Crippen LogP contribution in [0.25, 0.3) is 0 Å². The predicted molar refractivity (Wildman–Crippen MR) is 51.1 cm³/mol. The molecule has 7 heteroatoms. The Hall–Kier alpha value is -0.487. The van der Waals surface area contributed by atoms with Crippen molar-refractivity contribution in [1.82, 2.24) is 10.2 Å². The maximum atomic E-state index is 10.8. The summed E-state index contributed by atoms with van der Waals surface area (Å²) in [5, 5.41) is 2.67. The molecular formula is C8H16N2O4Zr. The van der Waals surface area contributed by atoms with Gasteiger partial charge in [0.1, 0.15) is 6.17 Å². The molecule has 0 saturated heterocycles. The van der Waals surface area contributed by atoms with Crippen LogP contribution < -0.4 is 5.32 Å². The summed E-state index contributed by atoms with van der Waals surface area (Å²) in [5.41, 5.74) is 0.